The van der Waals surface area contributed by atoms with Crippen molar-refractivity contribution < 1.29 is 36.0 Å². The molecule has 0 heterocycles. The van der Waals surface area contributed by atoms with Crippen LogP contribution in [0.25, 0.3) is 10.8 Å². The quantitative estimate of drug-likeness (QED) is 0.254. The van der Waals surface area contributed by atoms with Crippen LogP contribution in [0.3, 0.4) is 0 Å². The minimum Gasteiger partial charge on any atom is -0.507 e. The van der Waals surface area contributed by atoms with E-state index in [1.54, 1.807) is 6.92 Å². The molecule has 0 spiro atoms. The fourth-order valence-electron chi connectivity index (χ4n) is 2.84. The molecule has 0 saturated heterocycles. The molecule has 0 bridgehead atoms. The van der Waals surface area contributed by atoms with Crippen molar-refractivity contribution in [2.24, 2.45) is 0 Å². The number of aromatic hydroxyl groups is 1. The molecule has 0 fully saturated rings. The number of nitrogens with one attached hydrogen (secondary N) is 1. The van der Waals surface area contributed by atoms with Crippen molar-refractivity contribution in [1.82, 2.24) is 0 Å². The number of aryl methyl sites for hydroxylation is 1. The normalized spacial score (nSPS) is 12.1. The topological polar surface area (TPSA) is 184 Å². The third-order valence-electron chi connectivity index (χ3n) is 4.27. The Morgan fingerprint density at radius 2 is 1.47 bits per heavy atom. The van der Waals surface area contributed by atoms with Crippen LogP contribution in [0, 0.1) is 17.0 Å². The van der Waals surface area contributed by atoms with E-state index >= 15 is 0 Å². The van der Waals surface area contributed by atoms with E-state index in [1.165, 1.54) is 18.2 Å². The molecule has 0 radical (unpaired) electrons. The van der Waals surface area contributed by atoms with Crippen LogP contribution in [-0.4, -0.2) is 36.0 Å². The number of benzene rings is 3. The highest BCUT2D eigenvalue weighted by Crippen LogP contribution is 2.38. The molecule has 30 heavy (non-hydrogen) atoms. The van der Waals surface area contributed by atoms with Crippen LogP contribution >= 0.6 is 0 Å². The maximum absolute atomic E-state index is 11.7. The minimum absolute atomic E-state index is 0.0410. The van der Waals surface area contributed by atoms with Crippen molar-refractivity contribution in [2.75, 3.05) is 5.32 Å². The zero-order chi connectivity index (χ0) is 22.4. The van der Waals surface area contributed by atoms with Crippen molar-refractivity contribution >= 4 is 48.1 Å². The lowest BCUT2D eigenvalue weighted by Crippen LogP contribution is -2.03. The van der Waals surface area contributed by atoms with E-state index in [-0.39, 0.29) is 27.8 Å². The van der Waals surface area contributed by atoms with E-state index in [9.17, 15) is 41.2 Å². The molecule has 0 amide bonds. The Morgan fingerprint density at radius 3 is 2.00 bits per heavy atom. The number of phenolic OH excluding ortho intramolecular Hbond substituents is 1. The SMILES string of the molecule is Cc1ccc([N+](=O)[O-])cc1Nc1cc(S(=O)(=O)O)cc2cc(S(=O)(=O)O)cc(O)c12. The molecule has 158 valence electrons. The highest BCUT2D eigenvalue weighted by molar-refractivity contribution is 7.86. The van der Waals surface area contributed by atoms with Crippen LogP contribution in [0.5, 0.6) is 5.75 Å². The second-order valence-corrected chi connectivity index (χ2v) is 9.19. The van der Waals surface area contributed by atoms with Crippen LogP contribution < -0.4 is 5.32 Å². The maximum Gasteiger partial charge on any atom is 0.294 e. The van der Waals surface area contributed by atoms with E-state index in [4.69, 9.17) is 0 Å². The molecule has 13 heteroatoms. The summed E-state index contributed by atoms with van der Waals surface area (Å²) in [6, 6.07) is 7.45. The number of phenols is 1. The molecule has 0 atom stereocenters. The lowest BCUT2D eigenvalue weighted by atomic mass is 10.1. The highest BCUT2D eigenvalue weighted by atomic mass is 32.2. The largest absolute Gasteiger partial charge is 0.507 e. The summed E-state index contributed by atoms with van der Waals surface area (Å²) in [6.45, 7) is 1.62. The molecule has 0 aliphatic rings. The van der Waals surface area contributed by atoms with Gasteiger partial charge in [-0.05, 0) is 36.1 Å². The number of hydrogen-bond donors (Lipinski definition) is 4. The van der Waals surface area contributed by atoms with Gasteiger partial charge < -0.3 is 10.4 Å². The molecule has 3 aromatic rings. The number of nitro groups is 1. The van der Waals surface area contributed by atoms with Gasteiger partial charge in [0, 0.05) is 29.3 Å². The fraction of sp³-hybridized carbons (Fsp3) is 0.0588. The van der Waals surface area contributed by atoms with E-state index < -0.39 is 40.7 Å². The zero-order valence-corrected chi connectivity index (χ0v) is 16.7. The van der Waals surface area contributed by atoms with E-state index in [0.29, 0.717) is 5.56 Å². The van der Waals surface area contributed by atoms with Gasteiger partial charge in [-0.25, -0.2) is 0 Å². The van der Waals surface area contributed by atoms with Gasteiger partial charge in [0.25, 0.3) is 25.9 Å². The number of rotatable bonds is 5. The van der Waals surface area contributed by atoms with Crippen molar-refractivity contribution in [2.45, 2.75) is 16.7 Å². The van der Waals surface area contributed by atoms with Gasteiger partial charge >= 0.3 is 0 Å². The Labute approximate surface area is 170 Å². The van der Waals surface area contributed by atoms with Crippen LogP contribution in [0.15, 0.2) is 52.3 Å². The van der Waals surface area contributed by atoms with Gasteiger partial charge in [0.05, 0.1) is 20.4 Å². The summed E-state index contributed by atoms with van der Waals surface area (Å²) in [5.41, 5.74) is 0.413. The third-order valence-corrected chi connectivity index (χ3v) is 5.94. The third kappa shape index (κ3) is 4.18. The van der Waals surface area contributed by atoms with Gasteiger partial charge in [0.2, 0.25) is 0 Å². The second-order valence-electron chi connectivity index (χ2n) is 6.34. The first kappa shape index (κ1) is 21.4. The lowest BCUT2D eigenvalue weighted by molar-refractivity contribution is -0.384. The molecule has 0 aliphatic heterocycles. The smallest absolute Gasteiger partial charge is 0.294 e. The van der Waals surface area contributed by atoms with E-state index in [0.717, 1.165) is 24.3 Å². The summed E-state index contributed by atoms with van der Waals surface area (Å²) < 4.78 is 64.9. The molecule has 4 N–H and O–H groups in total. The van der Waals surface area contributed by atoms with E-state index in [2.05, 4.69) is 5.32 Å². The molecule has 0 aromatic heterocycles. The van der Waals surface area contributed by atoms with Crippen LogP contribution in [0.4, 0.5) is 17.1 Å². The monoisotopic (exact) mass is 454 g/mol. The van der Waals surface area contributed by atoms with Gasteiger partial charge in [-0.1, -0.05) is 6.07 Å². The number of anilines is 2. The predicted molar refractivity (Wildman–Crippen MR) is 106 cm³/mol. The van der Waals surface area contributed by atoms with Crippen LogP contribution in [0.2, 0.25) is 0 Å². The molecule has 11 nitrogen and oxygen atoms in total. The highest BCUT2D eigenvalue weighted by Gasteiger charge is 2.20. The Kier molecular flexibility index (Phi) is 5.16. The van der Waals surface area contributed by atoms with Crippen LogP contribution in [-0.2, 0) is 20.2 Å². The minimum atomic E-state index is -4.74. The number of fused-ring (bicyclic) bond motifs is 1. The summed E-state index contributed by atoms with van der Waals surface area (Å²) in [5.74, 6) is -0.618. The number of non-ortho nitro benzene ring substituents is 1. The molecule has 0 saturated carbocycles. The van der Waals surface area contributed by atoms with Crippen molar-refractivity contribution in [3.05, 3.63) is 58.1 Å². The molecule has 3 rings (SSSR count). The Balaban J connectivity index is 2.33. The summed E-state index contributed by atoms with van der Waals surface area (Å²) in [5, 5.41) is 24.0. The number of nitrogens with zero attached hydrogens (tertiary/aromatic N) is 1. The first-order chi connectivity index (χ1) is 13.8. The number of hydrogen-bond acceptors (Lipinski definition) is 8. The predicted octanol–water partition coefficient (Wildman–Crippen LogP) is 3.00. The van der Waals surface area contributed by atoms with E-state index in [1.807, 2.05) is 0 Å². The van der Waals surface area contributed by atoms with Gasteiger partial charge in [-0.15, -0.1) is 0 Å². The lowest BCUT2D eigenvalue weighted by Gasteiger charge is -2.15. The Morgan fingerprint density at radius 1 is 0.900 bits per heavy atom. The van der Waals surface area contributed by atoms with Crippen LogP contribution in [0.1, 0.15) is 5.56 Å². The maximum atomic E-state index is 11.7. The molecule has 0 unspecified atom stereocenters. The summed E-state index contributed by atoms with van der Waals surface area (Å²) >= 11 is 0. The van der Waals surface area contributed by atoms with Crippen molar-refractivity contribution in [1.29, 1.82) is 0 Å². The standard InChI is InChI=1S/C17H14N2O9S2/c1-9-2-3-11(19(21)22)6-14(9)18-15-7-12(29(23,24)25)4-10-5-13(30(26,27)28)8-16(20)17(10)15/h2-8,18,20H,1H3,(H,23,24,25)(H,26,27,28). The van der Waals surface area contributed by atoms with Gasteiger partial charge in [0.1, 0.15) is 5.75 Å². The summed E-state index contributed by atoms with van der Waals surface area (Å²) in [6.07, 6.45) is 0. The first-order valence-electron chi connectivity index (χ1n) is 8.05. The second kappa shape index (κ2) is 7.21. The molecular formula is C17H14N2O9S2. The van der Waals surface area contributed by atoms with Gasteiger partial charge in [-0.3, -0.25) is 19.2 Å². The van der Waals surface area contributed by atoms with Gasteiger partial charge in [-0.2, -0.15) is 16.8 Å². The number of nitro benzene ring substituents is 1. The average Bonchev–Trinajstić information content (AvgIpc) is 2.61. The summed E-state index contributed by atoms with van der Waals surface area (Å²) in [7, 11) is -9.47. The zero-order valence-electron chi connectivity index (χ0n) is 15.1. The molecular weight excluding hydrogens is 440 g/mol. The molecule has 3 aromatic carbocycles. The Bertz CT molecular complexity index is 1410. The molecule has 0 aliphatic carbocycles. The summed E-state index contributed by atoms with van der Waals surface area (Å²) in [4.78, 5) is 9.08. The average molecular weight is 454 g/mol. The Hall–Kier alpha value is -3.26. The van der Waals surface area contributed by atoms with Gasteiger partial charge in [0.15, 0.2) is 0 Å². The fourth-order valence-corrected chi connectivity index (χ4v) is 3.92. The van der Waals surface area contributed by atoms with Crippen molar-refractivity contribution in [3.63, 3.8) is 0 Å². The first-order valence-corrected chi connectivity index (χ1v) is 10.9. The van der Waals surface area contributed by atoms with Crippen molar-refractivity contribution in [3.8, 4) is 5.75 Å².